The number of amides is 2. The van der Waals surface area contributed by atoms with E-state index in [1.165, 1.54) is 24.1 Å². The van der Waals surface area contributed by atoms with Crippen LogP contribution in [-0.2, 0) is 17.6 Å². The van der Waals surface area contributed by atoms with Crippen LogP contribution in [0, 0.1) is 6.92 Å². The molecule has 1 aromatic heterocycles. The SMILES string of the molecule is Cc1cc(Br)ccc1NC(=O)CNC(=O)c1ccc2[nH]c3c(c2c1)CCCC3. The fourth-order valence-electron chi connectivity index (χ4n) is 3.77. The summed E-state index contributed by atoms with van der Waals surface area (Å²) in [6.45, 7) is 1.85. The van der Waals surface area contributed by atoms with Crippen LogP contribution in [0.5, 0.6) is 0 Å². The van der Waals surface area contributed by atoms with Gasteiger partial charge >= 0.3 is 0 Å². The summed E-state index contributed by atoms with van der Waals surface area (Å²) in [5.74, 6) is -0.491. The van der Waals surface area contributed by atoms with Crippen molar-refractivity contribution in [2.75, 3.05) is 11.9 Å². The predicted molar refractivity (Wildman–Crippen MR) is 115 cm³/mol. The molecule has 4 rings (SSSR count). The van der Waals surface area contributed by atoms with Gasteiger partial charge in [-0.1, -0.05) is 15.9 Å². The average molecular weight is 440 g/mol. The first-order chi connectivity index (χ1) is 13.5. The molecule has 0 fully saturated rings. The minimum Gasteiger partial charge on any atom is -0.358 e. The van der Waals surface area contributed by atoms with E-state index in [9.17, 15) is 9.59 Å². The molecular weight excluding hydrogens is 418 g/mol. The van der Waals surface area contributed by atoms with Gasteiger partial charge in [-0.15, -0.1) is 0 Å². The summed E-state index contributed by atoms with van der Waals surface area (Å²) in [6, 6.07) is 11.3. The number of aromatic nitrogens is 1. The minimum atomic E-state index is -0.251. The van der Waals surface area contributed by atoms with Crippen LogP contribution in [0.15, 0.2) is 40.9 Å². The number of carbonyl (C=O) groups excluding carboxylic acids is 2. The van der Waals surface area contributed by atoms with Gasteiger partial charge in [0, 0.05) is 32.3 Å². The Hall–Kier alpha value is -2.60. The summed E-state index contributed by atoms with van der Waals surface area (Å²) >= 11 is 3.40. The number of halogens is 1. The average Bonchev–Trinajstić information content (AvgIpc) is 3.06. The Labute approximate surface area is 172 Å². The smallest absolute Gasteiger partial charge is 0.251 e. The van der Waals surface area contributed by atoms with Crippen molar-refractivity contribution in [1.82, 2.24) is 10.3 Å². The quantitative estimate of drug-likeness (QED) is 0.560. The maximum Gasteiger partial charge on any atom is 0.251 e. The molecule has 0 spiro atoms. The lowest BCUT2D eigenvalue weighted by Crippen LogP contribution is -2.33. The third-order valence-corrected chi connectivity index (χ3v) is 5.73. The molecule has 0 saturated heterocycles. The molecule has 0 atom stereocenters. The van der Waals surface area contributed by atoms with E-state index in [0.717, 1.165) is 39.5 Å². The summed E-state index contributed by atoms with van der Waals surface area (Å²) in [5, 5.41) is 6.67. The topological polar surface area (TPSA) is 74.0 Å². The molecule has 1 aliphatic carbocycles. The second-order valence-corrected chi connectivity index (χ2v) is 8.16. The summed E-state index contributed by atoms with van der Waals surface area (Å²) < 4.78 is 0.957. The van der Waals surface area contributed by atoms with Crippen LogP contribution in [0.25, 0.3) is 10.9 Å². The van der Waals surface area contributed by atoms with E-state index in [-0.39, 0.29) is 18.4 Å². The second kappa shape index (κ2) is 7.80. The third-order valence-electron chi connectivity index (χ3n) is 5.23. The molecule has 0 bridgehead atoms. The third kappa shape index (κ3) is 3.83. The van der Waals surface area contributed by atoms with E-state index < -0.39 is 0 Å². The molecule has 0 saturated carbocycles. The number of H-pyrrole nitrogens is 1. The largest absolute Gasteiger partial charge is 0.358 e. The number of aryl methyl sites for hydroxylation is 3. The molecule has 0 radical (unpaired) electrons. The summed E-state index contributed by atoms with van der Waals surface area (Å²) in [6.07, 6.45) is 4.52. The molecule has 3 aromatic rings. The van der Waals surface area contributed by atoms with Crippen molar-refractivity contribution in [1.29, 1.82) is 0 Å². The number of fused-ring (bicyclic) bond motifs is 3. The van der Waals surface area contributed by atoms with E-state index in [1.807, 2.05) is 37.3 Å². The molecule has 5 nitrogen and oxygen atoms in total. The number of carbonyl (C=O) groups is 2. The van der Waals surface area contributed by atoms with Crippen LogP contribution in [0.3, 0.4) is 0 Å². The van der Waals surface area contributed by atoms with Crippen LogP contribution >= 0.6 is 15.9 Å². The fraction of sp³-hybridized carbons (Fsp3) is 0.273. The van der Waals surface area contributed by atoms with Gasteiger partial charge in [0.05, 0.1) is 6.54 Å². The molecule has 6 heteroatoms. The second-order valence-electron chi connectivity index (χ2n) is 7.24. The van der Waals surface area contributed by atoms with Crippen molar-refractivity contribution in [2.45, 2.75) is 32.6 Å². The van der Waals surface area contributed by atoms with Crippen molar-refractivity contribution in [3.8, 4) is 0 Å². The minimum absolute atomic E-state index is 0.0718. The van der Waals surface area contributed by atoms with E-state index in [2.05, 4.69) is 31.5 Å². The van der Waals surface area contributed by atoms with Crippen molar-refractivity contribution >= 4 is 44.3 Å². The Bertz CT molecular complexity index is 1070. The van der Waals surface area contributed by atoms with E-state index in [1.54, 1.807) is 6.07 Å². The highest BCUT2D eigenvalue weighted by molar-refractivity contribution is 9.10. The molecule has 2 amide bonds. The highest BCUT2D eigenvalue weighted by Gasteiger charge is 2.17. The van der Waals surface area contributed by atoms with E-state index in [4.69, 9.17) is 0 Å². The van der Waals surface area contributed by atoms with Gasteiger partial charge in [-0.3, -0.25) is 9.59 Å². The zero-order chi connectivity index (χ0) is 19.7. The van der Waals surface area contributed by atoms with Gasteiger partial charge in [-0.2, -0.15) is 0 Å². The summed E-state index contributed by atoms with van der Waals surface area (Å²) in [5.41, 5.74) is 5.97. The maximum atomic E-state index is 12.5. The Kier molecular flexibility index (Phi) is 5.22. The van der Waals surface area contributed by atoms with E-state index >= 15 is 0 Å². The van der Waals surface area contributed by atoms with Crippen LogP contribution in [0.4, 0.5) is 5.69 Å². The zero-order valence-corrected chi connectivity index (χ0v) is 17.3. The molecular formula is C22H22BrN3O2. The predicted octanol–water partition coefficient (Wildman–Crippen LogP) is 4.49. The molecule has 144 valence electrons. The van der Waals surface area contributed by atoms with Gasteiger partial charge in [0.15, 0.2) is 0 Å². The van der Waals surface area contributed by atoms with Gasteiger partial charge in [0.1, 0.15) is 0 Å². The monoisotopic (exact) mass is 439 g/mol. The standard InChI is InChI=1S/C22H22BrN3O2/c1-13-10-15(23)7-9-18(13)26-21(27)12-24-22(28)14-6-8-20-17(11-14)16-4-2-3-5-19(16)25-20/h6-11,25H,2-5,12H2,1H3,(H,24,28)(H,26,27). The first-order valence-electron chi connectivity index (χ1n) is 9.49. The van der Waals surface area contributed by atoms with Crippen LogP contribution in [0.1, 0.15) is 40.0 Å². The number of hydrogen-bond acceptors (Lipinski definition) is 2. The Balaban J connectivity index is 1.42. The van der Waals surface area contributed by atoms with Gasteiger partial charge in [-0.05, 0) is 80.1 Å². The Morgan fingerprint density at radius 1 is 1.11 bits per heavy atom. The van der Waals surface area contributed by atoms with E-state index in [0.29, 0.717) is 5.56 Å². The van der Waals surface area contributed by atoms with Gasteiger partial charge in [-0.25, -0.2) is 0 Å². The molecule has 0 unspecified atom stereocenters. The Morgan fingerprint density at radius 2 is 1.93 bits per heavy atom. The van der Waals surface area contributed by atoms with Gasteiger partial charge in [0.2, 0.25) is 5.91 Å². The highest BCUT2D eigenvalue weighted by Crippen LogP contribution is 2.29. The van der Waals surface area contributed by atoms with Crippen LogP contribution < -0.4 is 10.6 Å². The van der Waals surface area contributed by atoms with Gasteiger partial charge < -0.3 is 15.6 Å². The molecule has 3 N–H and O–H groups in total. The fourth-order valence-corrected chi connectivity index (χ4v) is 4.25. The van der Waals surface area contributed by atoms with Crippen molar-refractivity contribution < 1.29 is 9.59 Å². The normalized spacial score (nSPS) is 13.2. The van der Waals surface area contributed by atoms with Crippen LogP contribution in [0.2, 0.25) is 0 Å². The van der Waals surface area contributed by atoms with Crippen molar-refractivity contribution in [3.05, 3.63) is 63.3 Å². The van der Waals surface area contributed by atoms with Gasteiger partial charge in [0.25, 0.3) is 5.91 Å². The number of nitrogens with one attached hydrogen (secondary N) is 3. The van der Waals surface area contributed by atoms with Crippen molar-refractivity contribution in [2.24, 2.45) is 0 Å². The number of rotatable bonds is 4. The molecule has 0 aliphatic heterocycles. The first-order valence-corrected chi connectivity index (χ1v) is 10.3. The van der Waals surface area contributed by atoms with Crippen LogP contribution in [-0.4, -0.2) is 23.3 Å². The number of benzene rings is 2. The highest BCUT2D eigenvalue weighted by atomic mass is 79.9. The maximum absolute atomic E-state index is 12.5. The van der Waals surface area contributed by atoms with Crippen molar-refractivity contribution in [3.63, 3.8) is 0 Å². The lowest BCUT2D eigenvalue weighted by molar-refractivity contribution is -0.115. The molecule has 2 aromatic carbocycles. The first kappa shape index (κ1) is 18.7. The molecule has 1 aliphatic rings. The number of hydrogen-bond donors (Lipinski definition) is 3. The molecule has 1 heterocycles. The number of anilines is 1. The lowest BCUT2D eigenvalue weighted by Gasteiger charge is -2.11. The zero-order valence-electron chi connectivity index (χ0n) is 15.7. The molecule has 28 heavy (non-hydrogen) atoms. The summed E-state index contributed by atoms with van der Waals surface area (Å²) in [4.78, 5) is 28.2. The lowest BCUT2D eigenvalue weighted by atomic mass is 9.95. The summed E-state index contributed by atoms with van der Waals surface area (Å²) in [7, 11) is 0. The Morgan fingerprint density at radius 3 is 2.75 bits per heavy atom. The number of aromatic amines is 1.